The first kappa shape index (κ1) is 25.9. The van der Waals surface area contributed by atoms with Gasteiger partial charge in [0.1, 0.15) is 5.75 Å². The fourth-order valence-corrected chi connectivity index (χ4v) is 4.91. The number of benzene rings is 2. The average Bonchev–Trinajstić information content (AvgIpc) is 3.20. The Morgan fingerprint density at radius 2 is 1.76 bits per heavy atom. The molecule has 4 rings (SSSR count). The molecule has 37 heavy (non-hydrogen) atoms. The second-order valence-corrected chi connectivity index (χ2v) is 8.92. The maximum absolute atomic E-state index is 13.6. The van der Waals surface area contributed by atoms with Crippen molar-refractivity contribution in [2.45, 2.75) is 26.8 Å². The van der Waals surface area contributed by atoms with Gasteiger partial charge in [0, 0.05) is 13.1 Å². The van der Waals surface area contributed by atoms with Crippen LogP contribution in [0.15, 0.2) is 64.0 Å². The maximum atomic E-state index is 13.6. The molecule has 0 saturated heterocycles. The normalized spacial score (nSPS) is 14.8. The summed E-state index contributed by atoms with van der Waals surface area (Å²) in [7, 11) is 1.29. The number of thiazole rings is 1. The van der Waals surface area contributed by atoms with E-state index in [-0.39, 0.29) is 11.1 Å². The van der Waals surface area contributed by atoms with E-state index in [0.29, 0.717) is 45.4 Å². The molecule has 0 saturated carbocycles. The van der Waals surface area contributed by atoms with E-state index in [2.05, 4.69) is 4.99 Å². The molecule has 1 atom stereocenters. The fraction of sp³-hybridized carbons (Fsp3) is 0.259. The highest BCUT2D eigenvalue weighted by atomic mass is 32.1. The Labute approximate surface area is 216 Å². The molecule has 0 radical (unpaired) electrons. The van der Waals surface area contributed by atoms with E-state index in [0.717, 1.165) is 5.56 Å². The molecule has 0 bridgehead atoms. The van der Waals surface area contributed by atoms with E-state index in [1.165, 1.54) is 36.1 Å². The first-order valence-corrected chi connectivity index (χ1v) is 12.4. The molecule has 0 amide bonds. The third-order valence-electron chi connectivity index (χ3n) is 5.45. The number of fused-ring (bicyclic) bond motifs is 1. The predicted molar refractivity (Wildman–Crippen MR) is 138 cm³/mol. The molecule has 1 aliphatic heterocycles. The highest BCUT2D eigenvalue weighted by Gasteiger charge is 2.31. The van der Waals surface area contributed by atoms with Crippen LogP contribution in [-0.2, 0) is 14.3 Å². The van der Waals surface area contributed by atoms with Crippen LogP contribution in [-0.4, -0.2) is 36.8 Å². The van der Waals surface area contributed by atoms with Crippen LogP contribution in [0, 0.1) is 0 Å². The maximum Gasteiger partial charge on any atom is 0.337 e. The summed E-state index contributed by atoms with van der Waals surface area (Å²) in [5, 5.41) is 0. The Morgan fingerprint density at radius 1 is 1.05 bits per heavy atom. The van der Waals surface area contributed by atoms with E-state index < -0.39 is 18.0 Å². The second-order valence-electron chi connectivity index (χ2n) is 7.91. The molecule has 0 spiro atoms. The Balaban J connectivity index is 1.83. The third-order valence-corrected chi connectivity index (χ3v) is 6.44. The molecule has 2 aromatic carbocycles. The largest absolute Gasteiger partial charge is 0.490 e. The molecular formula is C27H26N2O7S. The highest BCUT2D eigenvalue weighted by Crippen LogP contribution is 2.35. The quantitative estimate of drug-likeness (QED) is 0.331. The lowest BCUT2D eigenvalue weighted by molar-refractivity contribution is -0.136. The number of methoxy groups -OCH3 is 1. The van der Waals surface area contributed by atoms with Crippen molar-refractivity contribution in [1.82, 2.24) is 4.57 Å². The van der Waals surface area contributed by atoms with Crippen LogP contribution in [0.5, 0.6) is 17.2 Å². The smallest absolute Gasteiger partial charge is 0.337 e. The van der Waals surface area contributed by atoms with Crippen LogP contribution in [0.3, 0.4) is 0 Å². The molecule has 0 N–H and O–H groups in total. The lowest BCUT2D eigenvalue weighted by Crippen LogP contribution is -2.39. The van der Waals surface area contributed by atoms with Crippen LogP contribution in [0.2, 0.25) is 0 Å². The molecule has 192 valence electrons. The van der Waals surface area contributed by atoms with Crippen molar-refractivity contribution in [1.29, 1.82) is 0 Å². The second kappa shape index (κ2) is 11.3. The standard InChI is InChI=1S/C27H26N2O7S/c1-5-34-21-12-9-18(14-22(21)35-6-2)24-20(26(32)33-4)15-28-27-29(24)25(31)23(37-27)13-17-7-10-19(11-8-17)36-16(3)30/h7-15,24H,5-6H2,1-4H3/b23-13+/t24-/m1/s1. The zero-order valence-electron chi connectivity index (χ0n) is 20.8. The molecule has 0 unspecified atom stereocenters. The van der Waals surface area contributed by atoms with Crippen LogP contribution >= 0.6 is 11.3 Å². The summed E-state index contributed by atoms with van der Waals surface area (Å²) in [4.78, 5) is 42.3. The van der Waals surface area contributed by atoms with Crippen molar-refractivity contribution in [2.75, 3.05) is 20.3 Å². The minimum Gasteiger partial charge on any atom is -0.490 e. The Kier molecular flexibility index (Phi) is 7.88. The molecule has 0 aliphatic carbocycles. The van der Waals surface area contributed by atoms with Crippen LogP contribution in [0.25, 0.3) is 6.08 Å². The summed E-state index contributed by atoms with van der Waals surface area (Å²) in [5.41, 5.74) is 1.31. The molecule has 1 aromatic heterocycles. The summed E-state index contributed by atoms with van der Waals surface area (Å²) in [6.45, 7) is 5.95. The monoisotopic (exact) mass is 522 g/mol. The molecule has 9 nitrogen and oxygen atoms in total. The van der Waals surface area contributed by atoms with E-state index in [1.54, 1.807) is 48.5 Å². The van der Waals surface area contributed by atoms with Crippen molar-refractivity contribution < 1.29 is 28.5 Å². The Hall–Kier alpha value is -4.18. The summed E-state index contributed by atoms with van der Waals surface area (Å²) in [6, 6.07) is 11.3. The molecule has 3 aromatic rings. The van der Waals surface area contributed by atoms with Gasteiger partial charge in [-0.3, -0.25) is 14.2 Å². The lowest BCUT2D eigenvalue weighted by atomic mass is 9.97. The van der Waals surface area contributed by atoms with Crippen molar-refractivity contribution in [3.8, 4) is 17.2 Å². The van der Waals surface area contributed by atoms with Crippen LogP contribution in [0.4, 0.5) is 0 Å². The van der Waals surface area contributed by atoms with Gasteiger partial charge < -0.3 is 18.9 Å². The Morgan fingerprint density at radius 3 is 2.41 bits per heavy atom. The minimum absolute atomic E-state index is 0.221. The molecule has 0 fully saturated rings. The van der Waals surface area contributed by atoms with Gasteiger partial charge >= 0.3 is 11.9 Å². The number of ether oxygens (including phenoxy) is 4. The molecule has 10 heteroatoms. The van der Waals surface area contributed by atoms with Crippen LogP contribution in [0.1, 0.15) is 37.9 Å². The number of esters is 2. The van der Waals surface area contributed by atoms with Gasteiger partial charge in [-0.05, 0) is 55.3 Å². The summed E-state index contributed by atoms with van der Waals surface area (Å²) in [5.74, 6) is 0.494. The lowest BCUT2D eigenvalue weighted by Gasteiger charge is -2.23. The van der Waals surface area contributed by atoms with Crippen molar-refractivity contribution in [3.63, 3.8) is 0 Å². The summed E-state index contributed by atoms with van der Waals surface area (Å²) >= 11 is 1.21. The van der Waals surface area contributed by atoms with Gasteiger partial charge in [-0.2, -0.15) is 0 Å². The summed E-state index contributed by atoms with van der Waals surface area (Å²) in [6.07, 6.45) is 3.17. The molecule has 1 aliphatic rings. The van der Waals surface area contributed by atoms with E-state index in [9.17, 15) is 14.4 Å². The molecular weight excluding hydrogens is 496 g/mol. The SMILES string of the molecule is CCOc1ccc([C@@H]2C(C(=O)OC)=CN=c3s/c(=C/c4ccc(OC(C)=O)cc4)c(=O)n32)cc1OCC. The zero-order valence-corrected chi connectivity index (χ0v) is 21.7. The molecule has 2 heterocycles. The number of aromatic nitrogens is 1. The minimum atomic E-state index is -0.771. The topological polar surface area (TPSA) is 105 Å². The van der Waals surface area contributed by atoms with Gasteiger partial charge in [0.15, 0.2) is 16.3 Å². The number of hydrogen-bond acceptors (Lipinski definition) is 9. The first-order valence-electron chi connectivity index (χ1n) is 11.6. The van der Waals surface area contributed by atoms with Gasteiger partial charge in [-0.15, -0.1) is 0 Å². The third kappa shape index (κ3) is 5.49. The fourth-order valence-electron chi connectivity index (χ4n) is 3.94. The van der Waals surface area contributed by atoms with Gasteiger partial charge in [-0.1, -0.05) is 29.5 Å². The van der Waals surface area contributed by atoms with Crippen LogP contribution < -0.4 is 29.1 Å². The number of nitrogens with zero attached hydrogens (tertiary/aromatic N) is 2. The summed E-state index contributed by atoms with van der Waals surface area (Å²) < 4.78 is 23.4. The van der Waals surface area contributed by atoms with Crippen molar-refractivity contribution in [3.05, 3.63) is 85.1 Å². The highest BCUT2D eigenvalue weighted by molar-refractivity contribution is 7.07. The van der Waals surface area contributed by atoms with Gasteiger partial charge in [0.2, 0.25) is 0 Å². The van der Waals surface area contributed by atoms with Gasteiger partial charge in [0.25, 0.3) is 5.56 Å². The number of carbonyl (C=O) groups is 2. The predicted octanol–water partition coefficient (Wildman–Crippen LogP) is 2.74. The number of hydrogen-bond donors (Lipinski definition) is 0. The number of carbonyl (C=O) groups excluding carboxylic acids is 2. The van der Waals surface area contributed by atoms with Crippen molar-refractivity contribution in [2.24, 2.45) is 4.99 Å². The average molecular weight is 523 g/mol. The zero-order chi connectivity index (χ0) is 26.5. The van der Waals surface area contributed by atoms with Gasteiger partial charge in [0.05, 0.1) is 36.5 Å². The first-order chi connectivity index (χ1) is 17.9. The van der Waals surface area contributed by atoms with E-state index in [4.69, 9.17) is 18.9 Å². The van der Waals surface area contributed by atoms with Crippen molar-refractivity contribution >= 4 is 29.4 Å². The van der Waals surface area contributed by atoms with E-state index >= 15 is 0 Å². The Bertz CT molecular complexity index is 1530. The van der Waals surface area contributed by atoms with E-state index in [1.807, 2.05) is 13.8 Å². The number of rotatable bonds is 8. The van der Waals surface area contributed by atoms with Gasteiger partial charge in [-0.25, -0.2) is 9.79 Å².